The summed E-state index contributed by atoms with van der Waals surface area (Å²) in [6.45, 7) is 3.68. The normalized spacial score (nSPS) is 27.4. The van der Waals surface area contributed by atoms with Crippen molar-refractivity contribution in [2.75, 3.05) is 13.2 Å². The molecule has 0 N–H and O–H groups in total. The van der Waals surface area contributed by atoms with E-state index in [1.54, 1.807) is 0 Å². The van der Waals surface area contributed by atoms with Crippen LogP contribution in [0.15, 0.2) is 30.3 Å². The van der Waals surface area contributed by atoms with E-state index in [1.165, 1.54) is 19.3 Å². The molecule has 1 aliphatic heterocycles. The molecule has 3 aliphatic rings. The van der Waals surface area contributed by atoms with Gasteiger partial charge in [-0.05, 0) is 87.3 Å². The minimum atomic E-state index is -5.17. The molecule has 1 saturated heterocycles. The van der Waals surface area contributed by atoms with Crippen LogP contribution in [0.25, 0.3) is 11.1 Å². The van der Waals surface area contributed by atoms with E-state index in [0.29, 0.717) is 60.8 Å². The smallest absolute Gasteiger partial charge is 0.432 e. The highest BCUT2D eigenvalue weighted by atomic mass is 19.4. The fourth-order valence-electron chi connectivity index (χ4n) is 7.48. The Bertz CT molecular complexity index is 1290. The zero-order chi connectivity index (χ0) is 33.8. The van der Waals surface area contributed by atoms with Gasteiger partial charge >= 0.3 is 12.5 Å². The van der Waals surface area contributed by atoms with Gasteiger partial charge in [-0.15, -0.1) is 13.2 Å². The molecule has 262 valence electrons. The molecule has 0 radical (unpaired) electrons. The lowest BCUT2D eigenvalue weighted by Gasteiger charge is -2.41. The molecule has 12 heteroatoms. The second kappa shape index (κ2) is 15.3. The third-order valence-electron chi connectivity index (χ3n) is 10.0. The van der Waals surface area contributed by atoms with Crippen LogP contribution in [0.3, 0.4) is 0 Å². The lowest BCUT2D eigenvalue weighted by atomic mass is 9.69. The van der Waals surface area contributed by atoms with Gasteiger partial charge in [0, 0.05) is 24.0 Å². The maximum atomic E-state index is 15.2. The number of benzene rings is 2. The van der Waals surface area contributed by atoms with Crippen LogP contribution >= 0.6 is 0 Å². The fraction of sp³-hybridized carbons (Fsp3) is 0.657. The molecule has 0 atom stereocenters. The molecule has 0 spiro atoms. The minimum absolute atomic E-state index is 0.159. The van der Waals surface area contributed by atoms with Crippen molar-refractivity contribution >= 4 is 0 Å². The number of rotatable bonds is 11. The summed E-state index contributed by atoms with van der Waals surface area (Å²) in [5.74, 6) is -5.66. The Balaban J connectivity index is 1.10. The van der Waals surface area contributed by atoms with Crippen molar-refractivity contribution in [3.8, 4) is 22.6 Å². The Kier molecular flexibility index (Phi) is 11.6. The predicted octanol–water partition coefficient (Wildman–Crippen LogP) is 10.8. The summed E-state index contributed by atoms with van der Waals surface area (Å²) in [5.41, 5.74) is -1.25. The molecule has 2 aromatic carbocycles. The van der Waals surface area contributed by atoms with Crippen LogP contribution in [0.5, 0.6) is 11.5 Å². The van der Waals surface area contributed by atoms with E-state index in [4.69, 9.17) is 14.2 Å². The number of hydrogen-bond acceptors (Lipinski definition) is 4. The van der Waals surface area contributed by atoms with Gasteiger partial charge in [-0.1, -0.05) is 32.3 Å². The molecule has 1 heterocycles. The summed E-state index contributed by atoms with van der Waals surface area (Å²) in [6, 6.07) is 2.97. The van der Waals surface area contributed by atoms with Gasteiger partial charge in [0.1, 0.15) is 17.4 Å². The van der Waals surface area contributed by atoms with Crippen LogP contribution in [0.4, 0.5) is 35.1 Å². The molecule has 4 nitrogen and oxygen atoms in total. The van der Waals surface area contributed by atoms with Gasteiger partial charge in [0.25, 0.3) is 0 Å². The Labute approximate surface area is 270 Å². The van der Waals surface area contributed by atoms with Gasteiger partial charge in [0.05, 0.1) is 24.7 Å². The van der Waals surface area contributed by atoms with Gasteiger partial charge in [-0.2, -0.15) is 8.78 Å². The number of ether oxygens (including phenoxy) is 4. The van der Waals surface area contributed by atoms with E-state index in [0.717, 1.165) is 51.4 Å². The van der Waals surface area contributed by atoms with Gasteiger partial charge in [-0.25, -0.2) is 13.2 Å². The minimum Gasteiger partial charge on any atom is -0.432 e. The van der Waals surface area contributed by atoms with Gasteiger partial charge in [-0.3, -0.25) is 0 Å². The van der Waals surface area contributed by atoms with Crippen molar-refractivity contribution in [2.24, 2.45) is 29.6 Å². The largest absolute Gasteiger partial charge is 0.573 e. The number of unbranched alkanes of at least 4 members (excludes halogenated alkanes) is 2. The highest BCUT2D eigenvalue weighted by Gasteiger charge is 2.46. The van der Waals surface area contributed by atoms with Crippen molar-refractivity contribution in [3.63, 3.8) is 0 Å². The Morgan fingerprint density at radius 3 is 1.83 bits per heavy atom. The first-order valence-electron chi connectivity index (χ1n) is 16.7. The second-order valence-electron chi connectivity index (χ2n) is 13.3. The molecule has 2 saturated carbocycles. The monoisotopic (exact) mass is 678 g/mol. The molecule has 0 amide bonds. The predicted molar refractivity (Wildman–Crippen MR) is 158 cm³/mol. The van der Waals surface area contributed by atoms with Crippen LogP contribution in [-0.2, 0) is 9.47 Å². The highest BCUT2D eigenvalue weighted by molar-refractivity contribution is 5.66. The maximum absolute atomic E-state index is 15.2. The molecule has 47 heavy (non-hydrogen) atoms. The molecule has 2 aliphatic carbocycles. The van der Waals surface area contributed by atoms with Gasteiger partial charge in [0.2, 0.25) is 0 Å². The van der Waals surface area contributed by atoms with Crippen molar-refractivity contribution in [2.45, 2.75) is 103 Å². The van der Waals surface area contributed by atoms with E-state index in [9.17, 15) is 26.3 Å². The first-order valence-corrected chi connectivity index (χ1v) is 16.7. The number of alkyl halides is 5. The zero-order valence-corrected chi connectivity index (χ0v) is 26.4. The molecule has 0 bridgehead atoms. The summed E-state index contributed by atoms with van der Waals surface area (Å²) >= 11 is 0. The Morgan fingerprint density at radius 1 is 0.702 bits per heavy atom. The fourth-order valence-corrected chi connectivity index (χ4v) is 7.48. The molecule has 3 fully saturated rings. The van der Waals surface area contributed by atoms with Crippen LogP contribution < -0.4 is 9.47 Å². The quantitative estimate of drug-likeness (QED) is 0.175. The zero-order valence-electron chi connectivity index (χ0n) is 26.4. The molecule has 0 aromatic heterocycles. The summed E-state index contributed by atoms with van der Waals surface area (Å²) in [7, 11) is 0. The van der Waals surface area contributed by atoms with Gasteiger partial charge < -0.3 is 18.9 Å². The van der Waals surface area contributed by atoms with Crippen molar-refractivity contribution in [3.05, 3.63) is 47.8 Å². The van der Waals surface area contributed by atoms with E-state index in [1.807, 2.05) is 0 Å². The summed E-state index contributed by atoms with van der Waals surface area (Å²) < 4.78 is 132. The van der Waals surface area contributed by atoms with E-state index >= 15 is 8.78 Å². The molecular weight excluding hydrogens is 636 g/mol. The summed E-state index contributed by atoms with van der Waals surface area (Å²) in [6.07, 6.45) is 1.35. The van der Waals surface area contributed by atoms with Crippen molar-refractivity contribution in [1.29, 1.82) is 0 Å². The first kappa shape index (κ1) is 35.7. The molecule has 0 unspecified atom stereocenters. The third-order valence-corrected chi connectivity index (χ3v) is 10.0. The highest BCUT2D eigenvalue weighted by Crippen LogP contribution is 2.47. The standard InChI is InChI=1S/C35H42F8O4/c1-2-3-4-5-21-19-44-33(45-20-21)24-8-6-22(7-9-24)23-10-13-26(14-11-23)34(39,40)46-27-17-29(37)32(30(38)18-27)25-12-15-31(28(36)16-25)47-35(41,42)43/h12,15-18,21-24,26,33H,2-11,13-14,19-20H2,1H3. The topological polar surface area (TPSA) is 36.9 Å². The van der Waals surface area contributed by atoms with Crippen LogP contribution in [0.2, 0.25) is 0 Å². The SMILES string of the molecule is CCCCCC1COC(C2CCC(C3CCC(C(F)(F)Oc4cc(F)c(-c5ccc(OC(F)(F)F)c(F)c5)c(F)c4)CC3)CC2)OC1. The van der Waals surface area contributed by atoms with Gasteiger partial charge in [0.15, 0.2) is 17.9 Å². The molecular formula is C35H42F8O4. The van der Waals surface area contributed by atoms with E-state index in [2.05, 4.69) is 11.7 Å². The van der Waals surface area contributed by atoms with Crippen LogP contribution in [0, 0.1) is 47.0 Å². The summed E-state index contributed by atoms with van der Waals surface area (Å²) in [5, 5.41) is 0. The van der Waals surface area contributed by atoms with Crippen LogP contribution in [0.1, 0.15) is 84.0 Å². The van der Waals surface area contributed by atoms with Crippen molar-refractivity contribution in [1.82, 2.24) is 0 Å². The Morgan fingerprint density at radius 2 is 1.28 bits per heavy atom. The van der Waals surface area contributed by atoms with E-state index < -0.39 is 58.5 Å². The van der Waals surface area contributed by atoms with Crippen LogP contribution in [-0.4, -0.2) is 32.0 Å². The Hall–Kier alpha value is -2.60. The van der Waals surface area contributed by atoms with Crippen molar-refractivity contribution < 1.29 is 54.1 Å². The second-order valence-corrected chi connectivity index (χ2v) is 13.3. The number of hydrogen-bond donors (Lipinski definition) is 0. The maximum Gasteiger partial charge on any atom is 0.573 e. The van der Waals surface area contributed by atoms with E-state index in [-0.39, 0.29) is 19.1 Å². The molecule has 5 rings (SSSR count). The summed E-state index contributed by atoms with van der Waals surface area (Å²) in [4.78, 5) is 0. The number of halogens is 8. The average Bonchev–Trinajstić information content (AvgIpc) is 3.02. The first-order chi connectivity index (χ1) is 22.3. The molecule has 2 aromatic rings. The lowest BCUT2D eigenvalue weighted by molar-refractivity contribution is -0.275. The average molecular weight is 679 g/mol. The lowest BCUT2D eigenvalue weighted by Crippen LogP contribution is -2.40. The third kappa shape index (κ3) is 9.31.